The monoisotopic (exact) mass is 148 g/mol. The van der Waals surface area contributed by atoms with Crippen LogP contribution >= 0.6 is 0 Å². The molecule has 0 aliphatic carbocycles. The lowest BCUT2D eigenvalue weighted by molar-refractivity contribution is 0.116. The predicted molar refractivity (Wildman–Crippen MR) is 40.3 cm³/mol. The summed E-state index contributed by atoms with van der Waals surface area (Å²) in [5, 5.41) is 0. The van der Waals surface area contributed by atoms with Crippen LogP contribution in [0.4, 0.5) is 4.79 Å². The molecule has 0 atom stereocenters. The van der Waals surface area contributed by atoms with Crippen LogP contribution in [0.5, 0.6) is 0 Å². The predicted octanol–water partition coefficient (Wildman–Crippen LogP) is 1.02. The Labute approximate surface area is 61.7 Å². The van der Waals surface area contributed by atoms with E-state index in [0.29, 0.717) is 0 Å². The molecule has 0 rings (SSSR count). The lowest BCUT2D eigenvalue weighted by atomic mass is 10.5. The summed E-state index contributed by atoms with van der Waals surface area (Å²) in [7, 11) is 0. The van der Waals surface area contributed by atoms with Crippen LogP contribution in [0.25, 0.3) is 0 Å². The molecular formula is C6H16N2O2. The standard InChI is InChI=1S/C4H10N2O2.C2H6/c1-3(2)8-4(7)6-5;1-2/h3H,5H2,1-2H3,(H,6,7);1-2H3. The zero-order valence-corrected chi connectivity index (χ0v) is 6.97. The number of amides is 1. The van der Waals surface area contributed by atoms with Gasteiger partial charge in [0.05, 0.1) is 6.10 Å². The van der Waals surface area contributed by atoms with Crippen LogP contribution in [0.15, 0.2) is 0 Å². The zero-order valence-electron chi connectivity index (χ0n) is 6.97. The molecule has 0 aliphatic heterocycles. The summed E-state index contributed by atoms with van der Waals surface area (Å²) in [5.41, 5.74) is 1.84. The van der Waals surface area contributed by atoms with Crippen LogP contribution in [-0.4, -0.2) is 12.2 Å². The highest BCUT2D eigenvalue weighted by atomic mass is 16.6. The van der Waals surface area contributed by atoms with Crippen LogP contribution in [0, 0.1) is 0 Å². The minimum Gasteiger partial charge on any atom is -0.446 e. The molecule has 0 radical (unpaired) electrons. The van der Waals surface area contributed by atoms with Gasteiger partial charge in [-0.1, -0.05) is 13.8 Å². The van der Waals surface area contributed by atoms with Gasteiger partial charge in [-0.2, -0.15) is 0 Å². The van der Waals surface area contributed by atoms with Gasteiger partial charge in [-0.25, -0.2) is 10.6 Å². The minimum atomic E-state index is -0.597. The van der Waals surface area contributed by atoms with E-state index in [1.165, 1.54) is 0 Å². The van der Waals surface area contributed by atoms with Crippen LogP contribution in [0.2, 0.25) is 0 Å². The summed E-state index contributed by atoms with van der Waals surface area (Å²) in [5.74, 6) is 4.70. The number of nitrogens with one attached hydrogen (secondary N) is 1. The van der Waals surface area contributed by atoms with E-state index in [1.807, 2.05) is 19.3 Å². The van der Waals surface area contributed by atoms with Crippen LogP contribution in [0.1, 0.15) is 27.7 Å². The molecule has 10 heavy (non-hydrogen) atoms. The van der Waals surface area contributed by atoms with Gasteiger partial charge in [-0.15, -0.1) is 0 Å². The Kier molecular flexibility index (Phi) is 9.84. The highest BCUT2D eigenvalue weighted by Crippen LogP contribution is 1.85. The molecule has 1 amide bonds. The third-order valence-corrected chi connectivity index (χ3v) is 0.461. The topological polar surface area (TPSA) is 64.3 Å². The van der Waals surface area contributed by atoms with Gasteiger partial charge in [0, 0.05) is 0 Å². The average Bonchev–Trinajstić information content (AvgIpc) is 1.91. The molecule has 4 nitrogen and oxygen atoms in total. The van der Waals surface area contributed by atoms with E-state index in [4.69, 9.17) is 5.84 Å². The van der Waals surface area contributed by atoms with Gasteiger partial charge in [0.2, 0.25) is 0 Å². The quantitative estimate of drug-likeness (QED) is 0.331. The third kappa shape index (κ3) is 10.3. The molecule has 62 valence electrons. The molecule has 0 aliphatic rings. The third-order valence-electron chi connectivity index (χ3n) is 0.461. The molecule has 0 spiro atoms. The van der Waals surface area contributed by atoms with E-state index in [-0.39, 0.29) is 6.10 Å². The molecule has 0 unspecified atom stereocenters. The van der Waals surface area contributed by atoms with Gasteiger partial charge in [0.1, 0.15) is 0 Å². The van der Waals surface area contributed by atoms with Crippen molar-refractivity contribution in [2.45, 2.75) is 33.8 Å². The molecular weight excluding hydrogens is 132 g/mol. The van der Waals surface area contributed by atoms with Crippen molar-refractivity contribution in [1.29, 1.82) is 0 Å². The van der Waals surface area contributed by atoms with Gasteiger partial charge in [-0.3, -0.25) is 5.43 Å². The fourth-order valence-corrected chi connectivity index (χ4v) is 0.248. The zero-order chi connectivity index (χ0) is 8.57. The Morgan fingerprint density at radius 3 is 2.00 bits per heavy atom. The Morgan fingerprint density at radius 2 is 1.90 bits per heavy atom. The largest absolute Gasteiger partial charge is 0.446 e. The molecule has 0 aromatic heterocycles. The van der Waals surface area contributed by atoms with Crippen molar-refractivity contribution >= 4 is 6.09 Å². The maximum atomic E-state index is 10.2. The number of hydrazine groups is 1. The molecule has 0 saturated carbocycles. The van der Waals surface area contributed by atoms with E-state index in [9.17, 15) is 4.79 Å². The number of ether oxygens (including phenoxy) is 1. The number of carbonyl (C=O) groups is 1. The van der Waals surface area contributed by atoms with Crippen molar-refractivity contribution in [2.75, 3.05) is 0 Å². The number of rotatable bonds is 1. The summed E-state index contributed by atoms with van der Waals surface area (Å²) < 4.78 is 4.52. The maximum Gasteiger partial charge on any atom is 0.421 e. The van der Waals surface area contributed by atoms with Crippen molar-refractivity contribution in [3.63, 3.8) is 0 Å². The Balaban J connectivity index is 0. The fraction of sp³-hybridized carbons (Fsp3) is 0.833. The first-order valence-corrected chi connectivity index (χ1v) is 3.34. The van der Waals surface area contributed by atoms with Gasteiger partial charge in [0.25, 0.3) is 0 Å². The molecule has 0 fully saturated rings. The van der Waals surface area contributed by atoms with Crippen molar-refractivity contribution in [2.24, 2.45) is 5.84 Å². The molecule has 4 heteroatoms. The SMILES string of the molecule is CC.CC(C)OC(=O)NN. The van der Waals surface area contributed by atoms with Gasteiger partial charge >= 0.3 is 6.09 Å². The summed E-state index contributed by atoms with van der Waals surface area (Å²) in [4.78, 5) is 10.2. The first-order chi connectivity index (χ1) is 4.66. The van der Waals surface area contributed by atoms with Crippen LogP contribution in [-0.2, 0) is 4.74 Å². The highest BCUT2D eigenvalue weighted by Gasteiger charge is 1.98. The second-order valence-corrected chi connectivity index (χ2v) is 1.60. The molecule has 3 N–H and O–H groups in total. The van der Waals surface area contributed by atoms with Crippen molar-refractivity contribution in [3.8, 4) is 0 Å². The molecule has 0 bridgehead atoms. The molecule has 0 saturated heterocycles. The first-order valence-electron chi connectivity index (χ1n) is 3.34. The van der Waals surface area contributed by atoms with Crippen LogP contribution in [0.3, 0.4) is 0 Å². The van der Waals surface area contributed by atoms with E-state index in [1.54, 1.807) is 13.8 Å². The Morgan fingerprint density at radius 1 is 1.50 bits per heavy atom. The smallest absolute Gasteiger partial charge is 0.421 e. The van der Waals surface area contributed by atoms with Crippen molar-refractivity contribution in [1.82, 2.24) is 5.43 Å². The summed E-state index contributed by atoms with van der Waals surface area (Å²) in [6.07, 6.45) is -0.710. The van der Waals surface area contributed by atoms with Crippen LogP contribution < -0.4 is 11.3 Å². The van der Waals surface area contributed by atoms with Gasteiger partial charge in [-0.05, 0) is 13.8 Å². The fourth-order valence-electron chi connectivity index (χ4n) is 0.248. The summed E-state index contributed by atoms with van der Waals surface area (Å²) in [6.45, 7) is 7.49. The average molecular weight is 148 g/mol. The summed E-state index contributed by atoms with van der Waals surface area (Å²) >= 11 is 0. The second kappa shape index (κ2) is 8.23. The normalized spacial score (nSPS) is 7.80. The summed E-state index contributed by atoms with van der Waals surface area (Å²) in [6, 6.07) is 0. The lowest BCUT2D eigenvalue weighted by Gasteiger charge is -2.04. The lowest BCUT2D eigenvalue weighted by Crippen LogP contribution is -2.32. The number of nitrogens with two attached hydrogens (primary N) is 1. The maximum absolute atomic E-state index is 10.2. The molecule has 0 aromatic carbocycles. The number of hydrogen-bond donors (Lipinski definition) is 2. The van der Waals surface area contributed by atoms with Crippen molar-refractivity contribution < 1.29 is 9.53 Å². The minimum absolute atomic E-state index is 0.112. The van der Waals surface area contributed by atoms with Gasteiger partial charge < -0.3 is 4.74 Å². The molecule has 0 aromatic rings. The highest BCUT2D eigenvalue weighted by molar-refractivity contribution is 5.66. The van der Waals surface area contributed by atoms with Gasteiger partial charge in [0.15, 0.2) is 0 Å². The first kappa shape index (κ1) is 12.0. The number of carbonyl (C=O) groups excluding carboxylic acids is 1. The van der Waals surface area contributed by atoms with E-state index < -0.39 is 6.09 Å². The van der Waals surface area contributed by atoms with Crippen molar-refractivity contribution in [3.05, 3.63) is 0 Å². The molecule has 0 heterocycles. The second-order valence-electron chi connectivity index (χ2n) is 1.60. The van der Waals surface area contributed by atoms with E-state index in [0.717, 1.165) is 0 Å². The Bertz CT molecular complexity index is 83.8. The van der Waals surface area contributed by atoms with E-state index in [2.05, 4.69) is 4.74 Å². The Hall–Kier alpha value is -0.770. The van der Waals surface area contributed by atoms with E-state index >= 15 is 0 Å². The number of hydrogen-bond acceptors (Lipinski definition) is 3.